The van der Waals surface area contributed by atoms with Crippen LogP contribution in [0, 0.1) is 11.8 Å². The minimum absolute atomic E-state index is 0.375. The second kappa shape index (κ2) is 8.63. The fraction of sp³-hybridized carbons (Fsp3) is 0.529. The lowest BCUT2D eigenvalue weighted by Crippen LogP contribution is -2.19. The molecule has 20 heavy (non-hydrogen) atoms. The Balaban J connectivity index is 1.70. The zero-order valence-corrected chi connectivity index (χ0v) is 11.9. The molecule has 108 valence electrons. The molecule has 1 aliphatic rings. The Morgan fingerprint density at radius 1 is 1.15 bits per heavy atom. The molecule has 0 atom stereocenters. The van der Waals surface area contributed by atoms with Crippen LogP contribution in [0.2, 0.25) is 0 Å². The Morgan fingerprint density at radius 2 is 2.00 bits per heavy atom. The van der Waals surface area contributed by atoms with Crippen molar-refractivity contribution in [1.82, 2.24) is 0 Å². The maximum Gasteiger partial charge on any atom is 0.120 e. The van der Waals surface area contributed by atoms with Crippen molar-refractivity contribution < 1.29 is 9.47 Å². The maximum atomic E-state index is 5.83. The molecule has 0 amide bonds. The Morgan fingerprint density at radius 3 is 2.80 bits per heavy atom. The van der Waals surface area contributed by atoms with Crippen molar-refractivity contribution >= 4 is 0 Å². The van der Waals surface area contributed by atoms with Crippen LogP contribution >= 0.6 is 0 Å². The van der Waals surface area contributed by atoms with E-state index in [2.05, 4.69) is 11.8 Å². The van der Waals surface area contributed by atoms with Gasteiger partial charge in [0, 0.05) is 5.56 Å². The maximum absolute atomic E-state index is 5.83. The van der Waals surface area contributed by atoms with Gasteiger partial charge in [-0.2, -0.15) is 0 Å². The van der Waals surface area contributed by atoms with Gasteiger partial charge in [-0.15, -0.1) is 0 Å². The molecular formula is C17H23NO2. The van der Waals surface area contributed by atoms with Gasteiger partial charge >= 0.3 is 0 Å². The van der Waals surface area contributed by atoms with E-state index in [1.165, 1.54) is 32.1 Å². The van der Waals surface area contributed by atoms with Crippen molar-refractivity contribution in [2.45, 2.75) is 38.2 Å². The van der Waals surface area contributed by atoms with E-state index in [9.17, 15) is 0 Å². The highest BCUT2D eigenvalue weighted by molar-refractivity contribution is 5.39. The van der Waals surface area contributed by atoms with E-state index in [0.29, 0.717) is 25.9 Å². The molecule has 0 spiro atoms. The van der Waals surface area contributed by atoms with Gasteiger partial charge in [0.05, 0.1) is 19.3 Å². The molecule has 0 saturated heterocycles. The van der Waals surface area contributed by atoms with Gasteiger partial charge in [0.2, 0.25) is 0 Å². The fourth-order valence-corrected chi connectivity index (χ4v) is 2.42. The van der Waals surface area contributed by atoms with Crippen molar-refractivity contribution in [3.63, 3.8) is 0 Å². The lowest BCUT2D eigenvalue weighted by Gasteiger charge is -2.21. The van der Waals surface area contributed by atoms with E-state index in [1.54, 1.807) is 0 Å². The average Bonchev–Trinajstić information content (AvgIpc) is 2.51. The third-order valence-electron chi connectivity index (χ3n) is 3.43. The monoisotopic (exact) mass is 273 g/mol. The van der Waals surface area contributed by atoms with Crippen molar-refractivity contribution in [3.05, 3.63) is 29.8 Å². The second-order valence-corrected chi connectivity index (χ2v) is 5.01. The summed E-state index contributed by atoms with van der Waals surface area (Å²) >= 11 is 0. The highest BCUT2D eigenvalue weighted by Crippen LogP contribution is 2.20. The molecule has 0 aliphatic heterocycles. The fourth-order valence-electron chi connectivity index (χ4n) is 2.42. The van der Waals surface area contributed by atoms with Gasteiger partial charge < -0.3 is 15.2 Å². The summed E-state index contributed by atoms with van der Waals surface area (Å²) in [5, 5.41) is 0. The molecule has 0 bridgehead atoms. The van der Waals surface area contributed by atoms with Gasteiger partial charge in [0.25, 0.3) is 0 Å². The van der Waals surface area contributed by atoms with E-state index in [1.807, 2.05) is 24.3 Å². The van der Waals surface area contributed by atoms with Gasteiger partial charge in [0.15, 0.2) is 0 Å². The van der Waals surface area contributed by atoms with Crippen molar-refractivity contribution in [2.75, 3.05) is 19.8 Å². The normalized spacial score (nSPS) is 15.4. The number of ether oxygens (including phenoxy) is 2. The molecule has 0 heterocycles. The number of hydrogen-bond acceptors (Lipinski definition) is 3. The van der Waals surface area contributed by atoms with E-state index in [4.69, 9.17) is 15.2 Å². The summed E-state index contributed by atoms with van der Waals surface area (Å²) in [6.45, 7) is 1.62. The molecule has 1 aliphatic carbocycles. The number of benzene rings is 1. The van der Waals surface area contributed by atoms with Crippen LogP contribution in [0.15, 0.2) is 24.3 Å². The second-order valence-electron chi connectivity index (χ2n) is 5.01. The Kier molecular flexibility index (Phi) is 6.43. The van der Waals surface area contributed by atoms with E-state index >= 15 is 0 Å². The van der Waals surface area contributed by atoms with Gasteiger partial charge in [-0.25, -0.2) is 0 Å². The zero-order chi connectivity index (χ0) is 14.0. The van der Waals surface area contributed by atoms with Crippen molar-refractivity contribution in [1.29, 1.82) is 0 Å². The molecule has 3 nitrogen and oxygen atoms in total. The quantitative estimate of drug-likeness (QED) is 0.662. The van der Waals surface area contributed by atoms with Gasteiger partial charge in [0.1, 0.15) is 12.4 Å². The van der Waals surface area contributed by atoms with Crippen LogP contribution in [0.1, 0.15) is 37.7 Å². The first-order valence-corrected chi connectivity index (χ1v) is 7.42. The van der Waals surface area contributed by atoms with Crippen LogP contribution in [0.3, 0.4) is 0 Å². The topological polar surface area (TPSA) is 44.5 Å². The first-order chi connectivity index (χ1) is 9.88. The summed E-state index contributed by atoms with van der Waals surface area (Å²) in [5.74, 6) is 6.67. The first kappa shape index (κ1) is 14.9. The Labute approximate surface area is 121 Å². The Bertz CT molecular complexity index is 456. The molecular weight excluding hydrogens is 250 g/mol. The Hall–Kier alpha value is -1.50. The van der Waals surface area contributed by atoms with Crippen LogP contribution in [0.25, 0.3) is 0 Å². The molecule has 2 N–H and O–H groups in total. The van der Waals surface area contributed by atoms with Gasteiger partial charge in [-0.05, 0) is 31.0 Å². The summed E-state index contributed by atoms with van der Waals surface area (Å²) < 4.78 is 11.5. The standard InChI is InChI=1S/C17H23NO2/c18-11-5-7-15-6-4-10-17(14-15)20-13-12-19-16-8-2-1-3-9-16/h4,6,10,14,16H,1-3,8-9,11-13,18H2. The van der Waals surface area contributed by atoms with Gasteiger partial charge in [-0.1, -0.05) is 37.2 Å². The molecule has 1 aromatic rings. The summed E-state index contributed by atoms with van der Waals surface area (Å²) in [6, 6.07) is 7.77. The van der Waals surface area contributed by atoms with E-state index < -0.39 is 0 Å². The summed E-state index contributed by atoms with van der Waals surface area (Å²) in [5.41, 5.74) is 6.29. The minimum atomic E-state index is 0.375. The zero-order valence-electron chi connectivity index (χ0n) is 11.9. The highest BCUT2D eigenvalue weighted by atomic mass is 16.5. The highest BCUT2D eigenvalue weighted by Gasteiger charge is 2.13. The van der Waals surface area contributed by atoms with Crippen LogP contribution in [-0.2, 0) is 4.74 Å². The third kappa shape index (κ3) is 5.24. The number of nitrogens with two attached hydrogens (primary N) is 1. The van der Waals surface area contributed by atoms with Crippen LogP contribution in [-0.4, -0.2) is 25.9 Å². The molecule has 1 fully saturated rings. The van der Waals surface area contributed by atoms with Crippen molar-refractivity contribution in [3.8, 4) is 17.6 Å². The van der Waals surface area contributed by atoms with Gasteiger partial charge in [-0.3, -0.25) is 0 Å². The predicted molar refractivity (Wildman–Crippen MR) is 80.7 cm³/mol. The smallest absolute Gasteiger partial charge is 0.120 e. The summed E-state index contributed by atoms with van der Waals surface area (Å²) in [4.78, 5) is 0. The summed E-state index contributed by atoms with van der Waals surface area (Å²) in [6.07, 6.45) is 6.79. The molecule has 2 rings (SSSR count). The number of hydrogen-bond donors (Lipinski definition) is 1. The molecule has 0 aromatic heterocycles. The summed E-state index contributed by atoms with van der Waals surface area (Å²) in [7, 11) is 0. The third-order valence-corrected chi connectivity index (χ3v) is 3.43. The largest absolute Gasteiger partial charge is 0.491 e. The van der Waals surface area contributed by atoms with E-state index in [-0.39, 0.29) is 0 Å². The van der Waals surface area contributed by atoms with Crippen LogP contribution in [0.5, 0.6) is 5.75 Å². The minimum Gasteiger partial charge on any atom is -0.491 e. The molecule has 1 saturated carbocycles. The predicted octanol–water partition coefficient (Wildman–Crippen LogP) is 2.72. The van der Waals surface area contributed by atoms with Crippen molar-refractivity contribution in [2.24, 2.45) is 5.73 Å². The molecule has 0 radical (unpaired) electrons. The van der Waals surface area contributed by atoms with Crippen LogP contribution < -0.4 is 10.5 Å². The van der Waals surface area contributed by atoms with Crippen LogP contribution in [0.4, 0.5) is 0 Å². The molecule has 3 heteroatoms. The number of rotatable bonds is 5. The molecule has 0 unspecified atom stereocenters. The lowest BCUT2D eigenvalue weighted by atomic mass is 9.98. The average molecular weight is 273 g/mol. The SMILES string of the molecule is NCC#Cc1cccc(OCCOC2CCCCC2)c1. The molecule has 1 aromatic carbocycles. The first-order valence-electron chi connectivity index (χ1n) is 7.42. The van der Waals surface area contributed by atoms with E-state index in [0.717, 1.165) is 11.3 Å². The lowest BCUT2D eigenvalue weighted by molar-refractivity contribution is 0.0129.